The van der Waals surface area contributed by atoms with E-state index in [1.54, 1.807) is 6.20 Å². The third-order valence-electron chi connectivity index (χ3n) is 4.55. The minimum Gasteiger partial charge on any atom is -0.368 e. The van der Waals surface area contributed by atoms with E-state index >= 15 is 0 Å². The molecule has 3 heterocycles. The lowest BCUT2D eigenvalue weighted by Crippen LogP contribution is -2.41. The molecule has 0 bridgehead atoms. The molecule has 2 fully saturated rings. The van der Waals surface area contributed by atoms with E-state index in [1.165, 1.54) is 24.2 Å². The van der Waals surface area contributed by atoms with Crippen LogP contribution in [0.25, 0.3) is 0 Å². The second-order valence-electron chi connectivity index (χ2n) is 6.41. The first-order chi connectivity index (χ1) is 11.7. The van der Waals surface area contributed by atoms with Crippen LogP contribution >= 0.6 is 11.3 Å². The molecule has 126 valence electrons. The summed E-state index contributed by atoms with van der Waals surface area (Å²) in [5.74, 6) is 1.09. The molecule has 2 amide bonds. The van der Waals surface area contributed by atoms with Crippen LogP contribution in [0.2, 0.25) is 0 Å². The second-order valence-corrected chi connectivity index (χ2v) is 7.26. The summed E-state index contributed by atoms with van der Waals surface area (Å²) in [6.07, 6.45) is 6.06. The van der Waals surface area contributed by atoms with Crippen LogP contribution in [0, 0.1) is 0 Å². The Labute approximate surface area is 144 Å². The van der Waals surface area contributed by atoms with Crippen LogP contribution in [0.1, 0.15) is 48.9 Å². The normalized spacial score (nSPS) is 20.8. The van der Waals surface area contributed by atoms with Gasteiger partial charge in [-0.2, -0.15) is 0 Å². The second kappa shape index (κ2) is 6.35. The largest absolute Gasteiger partial charge is 0.368 e. The lowest BCUT2D eigenvalue weighted by molar-refractivity contribution is 0.192. The van der Waals surface area contributed by atoms with Crippen LogP contribution in [0.4, 0.5) is 15.9 Å². The van der Waals surface area contributed by atoms with Crippen molar-refractivity contribution in [2.24, 2.45) is 0 Å². The van der Waals surface area contributed by atoms with Crippen molar-refractivity contribution in [1.29, 1.82) is 0 Å². The molecule has 7 nitrogen and oxygen atoms in total. The smallest absolute Gasteiger partial charge is 0.323 e. The van der Waals surface area contributed by atoms with Gasteiger partial charge in [-0.1, -0.05) is 0 Å². The quantitative estimate of drug-likeness (QED) is 0.892. The van der Waals surface area contributed by atoms with Crippen molar-refractivity contribution in [2.45, 2.75) is 37.5 Å². The number of nitrogen functional groups attached to an aromatic ring is 1. The van der Waals surface area contributed by atoms with Gasteiger partial charge in [0.15, 0.2) is 5.13 Å². The zero-order chi connectivity index (χ0) is 16.5. The van der Waals surface area contributed by atoms with Crippen molar-refractivity contribution in [1.82, 2.24) is 19.9 Å². The first-order valence-corrected chi connectivity index (χ1v) is 9.17. The molecule has 0 aromatic carbocycles. The van der Waals surface area contributed by atoms with Crippen molar-refractivity contribution in [2.75, 3.05) is 24.1 Å². The molecular weight excluding hydrogens is 324 g/mol. The maximum Gasteiger partial charge on any atom is 0.323 e. The Morgan fingerprint density at radius 1 is 1.25 bits per heavy atom. The predicted molar refractivity (Wildman–Crippen MR) is 93.1 cm³/mol. The molecule has 0 spiro atoms. The number of urea groups is 1. The van der Waals surface area contributed by atoms with Crippen LogP contribution in [0.15, 0.2) is 17.6 Å². The third-order valence-corrected chi connectivity index (χ3v) is 5.33. The molecule has 1 unspecified atom stereocenters. The molecule has 2 aliphatic rings. The summed E-state index contributed by atoms with van der Waals surface area (Å²) >= 11 is 1.50. The van der Waals surface area contributed by atoms with Gasteiger partial charge in [-0.15, -0.1) is 11.3 Å². The van der Waals surface area contributed by atoms with Crippen LogP contribution in [0.5, 0.6) is 0 Å². The number of likely N-dealkylation sites (tertiary alicyclic amines) is 1. The van der Waals surface area contributed by atoms with Crippen LogP contribution < -0.4 is 11.1 Å². The summed E-state index contributed by atoms with van der Waals surface area (Å²) in [4.78, 5) is 27.1. The number of thiazole rings is 1. The van der Waals surface area contributed by atoms with Gasteiger partial charge in [0.05, 0.1) is 11.4 Å². The number of carbonyl (C=O) groups is 1. The van der Waals surface area contributed by atoms with E-state index in [0.717, 1.165) is 30.8 Å². The number of piperidine rings is 1. The van der Waals surface area contributed by atoms with Gasteiger partial charge in [-0.05, 0) is 31.7 Å². The monoisotopic (exact) mass is 344 g/mol. The summed E-state index contributed by atoms with van der Waals surface area (Å²) < 4.78 is 0. The molecule has 2 aromatic rings. The average molecular weight is 344 g/mol. The molecule has 1 atom stereocenters. The van der Waals surface area contributed by atoms with Gasteiger partial charge in [-0.3, -0.25) is 5.32 Å². The van der Waals surface area contributed by atoms with Crippen molar-refractivity contribution >= 4 is 28.4 Å². The van der Waals surface area contributed by atoms with Crippen molar-refractivity contribution in [3.8, 4) is 0 Å². The SMILES string of the molecule is Nc1nccc(C2CCCN(C(=O)Nc3nc(C4CC4)cs3)C2)n1. The van der Waals surface area contributed by atoms with Crippen LogP contribution in [-0.4, -0.2) is 39.0 Å². The molecule has 1 saturated heterocycles. The van der Waals surface area contributed by atoms with E-state index in [9.17, 15) is 4.79 Å². The van der Waals surface area contributed by atoms with E-state index in [1.807, 2.05) is 11.0 Å². The summed E-state index contributed by atoms with van der Waals surface area (Å²) in [5.41, 5.74) is 7.69. The maximum absolute atomic E-state index is 12.5. The first kappa shape index (κ1) is 15.3. The predicted octanol–water partition coefficient (Wildman–Crippen LogP) is 2.80. The zero-order valence-electron chi connectivity index (χ0n) is 13.3. The van der Waals surface area contributed by atoms with E-state index in [-0.39, 0.29) is 17.9 Å². The molecule has 24 heavy (non-hydrogen) atoms. The highest BCUT2D eigenvalue weighted by molar-refractivity contribution is 7.13. The Balaban J connectivity index is 1.40. The number of anilines is 2. The number of amides is 2. The van der Waals surface area contributed by atoms with Gasteiger partial charge in [0, 0.05) is 36.5 Å². The standard InChI is InChI=1S/C16H20N6OS/c17-14-18-6-5-12(19-14)11-2-1-7-22(8-11)16(23)21-15-20-13(9-24-15)10-3-4-10/h5-6,9-11H,1-4,7-8H2,(H2,17,18,19)(H,20,21,23). The van der Waals surface area contributed by atoms with E-state index in [4.69, 9.17) is 5.73 Å². The molecule has 8 heteroatoms. The van der Waals surface area contributed by atoms with Gasteiger partial charge in [0.1, 0.15) is 0 Å². The van der Waals surface area contributed by atoms with Crippen molar-refractivity contribution in [3.63, 3.8) is 0 Å². The van der Waals surface area contributed by atoms with E-state index in [0.29, 0.717) is 17.6 Å². The topological polar surface area (TPSA) is 97.0 Å². The summed E-state index contributed by atoms with van der Waals surface area (Å²) in [5, 5.41) is 5.68. The minimum absolute atomic E-state index is 0.0848. The summed E-state index contributed by atoms with van der Waals surface area (Å²) in [6.45, 7) is 1.40. The number of nitrogens with one attached hydrogen (secondary N) is 1. The van der Waals surface area contributed by atoms with Crippen molar-refractivity contribution < 1.29 is 4.79 Å². The fraction of sp³-hybridized carbons (Fsp3) is 0.500. The fourth-order valence-corrected chi connectivity index (χ4v) is 3.88. The Bertz CT molecular complexity index is 744. The Kier molecular flexibility index (Phi) is 4.05. The molecular formula is C16H20N6OS. The van der Waals surface area contributed by atoms with Crippen molar-refractivity contribution in [3.05, 3.63) is 29.0 Å². The Morgan fingerprint density at radius 2 is 2.12 bits per heavy atom. The lowest BCUT2D eigenvalue weighted by Gasteiger charge is -2.32. The lowest BCUT2D eigenvalue weighted by atomic mass is 9.95. The fourth-order valence-electron chi connectivity index (χ4n) is 3.10. The number of rotatable bonds is 3. The number of nitrogens with two attached hydrogens (primary N) is 1. The zero-order valence-corrected chi connectivity index (χ0v) is 14.1. The minimum atomic E-state index is -0.0848. The number of hydrogen-bond donors (Lipinski definition) is 2. The van der Waals surface area contributed by atoms with Gasteiger partial charge in [0.25, 0.3) is 0 Å². The molecule has 0 radical (unpaired) electrons. The molecule has 1 aliphatic heterocycles. The first-order valence-electron chi connectivity index (χ1n) is 8.29. The number of carbonyl (C=O) groups excluding carboxylic acids is 1. The molecule has 1 aliphatic carbocycles. The van der Waals surface area contributed by atoms with Crippen LogP contribution in [0.3, 0.4) is 0 Å². The Morgan fingerprint density at radius 3 is 2.92 bits per heavy atom. The molecule has 3 N–H and O–H groups in total. The summed E-state index contributed by atoms with van der Waals surface area (Å²) in [7, 11) is 0. The van der Waals surface area contributed by atoms with Crippen LogP contribution in [-0.2, 0) is 0 Å². The van der Waals surface area contributed by atoms with Gasteiger partial charge in [-0.25, -0.2) is 19.7 Å². The third kappa shape index (κ3) is 3.33. The van der Waals surface area contributed by atoms with Gasteiger partial charge < -0.3 is 10.6 Å². The summed E-state index contributed by atoms with van der Waals surface area (Å²) in [6, 6.07) is 1.80. The highest BCUT2D eigenvalue weighted by atomic mass is 32.1. The molecule has 2 aromatic heterocycles. The number of aromatic nitrogens is 3. The van der Waals surface area contributed by atoms with E-state index in [2.05, 4.69) is 25.6 Å². The van der Waals surface area contributed by atoms with E-state index < -0.39 is 0 Å². The molecule has 1 saturated carbocycles. The Hall–Kier alpha value is -2.22. The van der Waals surface area contributed by atoms with Gasteiger partial charge in [0.2, 0.25) is 5.95 Å². The highest BCUT2D eigenvalue weighted by Crippen LogP contribution is 2.41. The maximum atomic E-state index is 12.5. The number of hydrogen-bond acceptors (Lipinski definition) is 6. The van der Waals surface area contributed by atoms with Gasteiger partial charge >= 0.3 is 6.03 Å². The number of nitrogens with zero attached hydrogens (tertiary/aromatic N) is 4. The molecule has 4 rings (SSSR count). The highest BCUT2D eigenvalue weighted by Gasteiger charge is 2.28. The average Bonchev–Trinajstić information content (AvgIpc) is 3.35.